The Morgan fingerprint density at radius 1 is 1.50 bits per heavy atom. The van der Waals surface area contributed by atoms with E-state index in [1.807, 2.05) is 6.07 Å². The van der Waals surface area contributed by atoms with Crippen molar-refractivity contribution < 1.29 is 9.13 Å². The van der Waals surface area contributed by atoms with Crippen LogP contribution in [-0.2, 0) is 11.2 Å². The molecule has 4 heteroatoms. The summed E-state index contributed by atoms with van der Waals surface area (Å²) in [5.74, 6) is -0.352. The Balaban J connectivity index is 1.88. The van der Waals surface area contributed by atoms with Crippen molar-refractivity contribution in [3.63, 3.8) is 0 Å². The molecule has 0 saturated carbocycles. The molecule has 2 atom stereocenters. The van der Waals surface area contributed by atoms with E-state index in [1.54, 1.807) is 6.07 Å². The smallest absolute Gasteiger partial charge is 0.141 e. The largest absolute Gasteiger partial charge is 0.378 e. The van der Waals surface area contributed by atoms with E-state index in [2.05, 4.69) is 12.2 Å². The van der Waals surface area contributed by atoms with Crippen molar-refractivity contribution >= 4 is 11.6 Å². The Morgan fingerprint density at radius 3 is 3.00 bits per heavy atom. The van der Waals surface area contributed by atoms with Crippen LogP contribution in [0.1, 0.15) is 38.2 Å². The Kier molecular flexibility index (Phi) is 6.27. The quantitative estimate of drug-likeness (QED) is 0.823. The van der Waals surface area contributed by atoms with Crippen LogP contribution in [0.3, 0.4) is 0 Å². The van der Waals surface area contributed by atoms with Gasteiger partial charge in [-0.3, -0.25) is 0 Å². The average Bonchev–Trinajstić information content (AvgIpc) is 2.94. The van der Waals surface area contributed by atoms with E-state index in [0.29, 0.717) is 12.1 Å². The van der Waals surface area contributed by atoms with Gasteiger partial charge in [-0.15, -0.1) is 0 Å². The van der Waals surface area contributed by atoms with Crippen molar-refractivity contribution in [2.75, 3.05) is 13.2 Å². The first-order valence-electron chi connectivity index (χ1n) is 7.48. The lowest BCUT2D eigenvalue weighted by molar-refractivity contribution is 0.0996. The van der Waals surface area contributed by atoms with Crippen LogP contribution in [0.4, 0.5) is 4.39 Å². The number of hydrogen-bond acceptors (Lipinski definition) is 2. The molecule has 1 aliphatic heterocycles. The Labute approximate surface area is 125 Å². The summed E-state index contributed by atoms with van der Waals surface area (Å²) < 4.78 is 18.8. The minimum Gasteiger partial charge on any atom is -0.378 e. The highest BCUT2D eigenvalue weighted by molar-refractivity contribution is 6.30. The molecule has 1 heterocycles. The van der Waals surface area contributed by atoms with Gasteiger partial charge in [-0.05, 0) is 56.3 Å². The van der Waals surface area contributed by atoms with Crippen molar-refractivity contribution in [1.29, 1.82) is 0 Å². The lowest BCUT2D eigenvalue weighted by Crippen LogP contribution is -2.32. The lowest BCUT2D eigenvalue weighted by atomic mass is 9.99. The van der Waals surface area contributed by atoms with E-state index >= 15 is 0 Å². The maximum absolute atomic E-state index is 13.2. The van der Waals surface area contributed by atoms with E-state index in [-0.39, 0.29) is 10.8 Å². The number of nitrogens with one attached hydrogen (secondary N) is 1. The van der Waals surface area contributed by atoms with Gasteiger partial charge >= 0.3 is 0 Å². The van der Waals surface area contributed by atoms with Crippen LogP contribution >= 0.6 is 11.6 Å². The molecule has 0 radical (unpaired) electrons. The molecule has 20 heavy (non-hydrogen) atoms. The summed E-state index contributed by atoms with van der Waals surface area (Å²) in [5.41, 5.74) is 1.08. The van der Waals surface area contributed by atoms with Crippen molar-refractivity contribution in [3.05, 3.63) is 34.6 Å². The fraction of sp³-hybridized carbons (Fsp3) is 0.625. The first-order chi connectivity index (χ1) is 9.69. The second-order valence-corrected chi connectivity index (χ2v) is 5.83. The third-order valence-electron chi connectivity index (χ3n) is 3.82. The second-order valence-electron chi connectivity index (χ2n) is 5.42. The molecule has 1 saturated heterocycles. The number of hydrogen-bond donors (Lipinski definition) is 1. The van der Waals surface area contributed by atoms with Crippen molar-refractivity contribution in [3.8, 4) is 0 Å². The Hall–Kier alpha value is -0.640. The molecule has 1 fully saturated rings. The molecule has 0 aliphatic carbocycles. The van der Waals surface area contributed by atoms with Gasteiger partial charge in [-0.1, -0.05) is 24.6 Å². The summed E-state index contributed by atoms with van der Waals surface area (Å²) in [6, 6.07) is 5.39. The van der Waals surface area contributed by atoms with Crippen LogP contribution in [0.2, 0.25) is 5.02 Å². The highest BCUT2D eigenvalue weighted by Crippen LogP contribution is 2.21. The second kappa shape index (κ2) is 7.96. The summed E-state index contributed by atoms with van der Waals surface area (Å²) >= 11 is 5.84. The van der Waals surface area contributed by atoms with Gasteiger partial charge in [0.25, 0.3) is 0 Å². The minimum absolute atomic E-state index is 0.205. The summed E-state index contributed by atoms with van der Waals surface area (Å²) in [5, 5.41) is 3.70. The molecular weight excluding hydrogens is 277 g/mol. The predicted molar refractivity (Wildman–Crippen MR) is 80.8 cm³/mol. The predicted octanol–water partition coefficient (Wildman–Crippen LogP) is 3.96. The van der Waals surface area contributed by atoms with Gasteiger partial charge in [-0.25, -0.2) is 4.39 Å². The van der Waals surface area contributed by atoms with Crippen LogP contribution in [-0.4, -0.2) is 25.3 Å². The molecule has 1 aromatic carbocycles. The average molecular weight is 300 g/mol. The van der Waals surface area contributed by atoms with Crippen LogP contribution in [0, 0.1) is 5.82 Å². The zero-order chi connectivity index (χ0) is 14.4. The highest BCUT2D eigenvalue weighted by atomic mass is 35.5. The molecule has 112 valence electrons. The highest BCUT2D eigenvalue weighted by Gasteiger charge is 2.18. The Bertz CT molecular complexity index is 421. The normalized spacial score (nSPS) is 20.2. The van der Waals surface area contributed by atoms with Crippen molar-refractivity contribution in [2.24, 2.45) is 0 Å². The fourth-order valence-corrected chi connectivity index (χ4v) is 2.98. The van der Waals surface area contributed by atoms with E-state index in [9.17, 15) is 4.39 Å². The summed E-state index contributed by atoms with van der Waals surface area (Å²) in [6.07, 6.45) is 5.83. The van der Waals surface area contributed by atoms with Crippen LogP contribution in [0.15, 0.2) is 18.2 Å². The molecule has 2 rings (SSSR count). The molecule has 0 bridgehead atoms. The fourth-order valence-electron chi connectivity index (χ4n) is 2.78. The summed E-state index contributed by atoms with van der Waals surface area (Å²) in [7, 11) is 0. The molecule has 1 aromatic rings. The number of benzene rings is 1. The summed E-state index contributed by atoms with van der Waals surface area (Å²) in [4.78, 5) is 0. The molecule has 0 spiro atoms. The van der Waals surface area contributed by atoms with Crippen LogP contribution in [0.5, 0.6) is 0 Å². The van der Waals surface area contributed by atoms with E-state index < -0.39 is 0 Å². The zero-order valence-electron chi connectivity index (χ0n) is 12.0. The molecular formula is C16H23ClFNO. The van der Waals surface area contributed by atoms with E-state index in [4.69, 9.17) is 16.3 Å². The van der Waals surface area contributed by atoms with Gasteiger partial charge in [-0.2, -0.15) is 0 Å². The van der Waals surface area contributed by atoms with E-state index in [0.717, 1.165) is 38.0 Å². The van der Waals surface area contributed by atoms with Crippen LogP contribution < -0.4 is 5.32 Å². The molecule has 0 aromatic heterocycles. The first-order valence-corrected chi connectivity index (χ1v) is 7.85. The SMILES string of the molecule is CCNC(CCC1CCCO1)Cc1ccc(F)c(Cl)c1. The molecule has 1 aliphatic rings. The minimum atomic E-state index is -0.352. The maximum Gasteiger partial charge on any atom is 0.141 e. The van der Waals surface area contributed by atoms with Gasteiger partial charge in [0.05, 0.1) is 11.1 Å². The van der Waals surface area contributed by atoms with Gasteiger partial charge < -0.3 is 10.1 Å². The maximum atomic E-state index is 13.2. The monoisotopic (exact) mass is 299 g/mol. The zero-order valence-corrected chi connectivity index (χ0v) is 12.8. The van der Waals surface area contributed by atoms with Crippen molar-refractivity contribution in [1.82, 2.24) is 5.32 Å². The molecule has 0 amide bonds. The van der Waals surface area contributed by atoms with Gasteiger partial charge in [0.2, 0.25) is 0 Å². The van der Waals surface area contributed by atoms with Gasteiger partial charge in [0.1, 0.15) is 5.82 Å². The van der Waals surface area contributed by atoms with Gasteiger partial charge in [0, 0.05) is 12.6 Å². The Morgan fingerprint density at radius 2 is 2.35 bits per heavy atom. The first kappa shape index (κ1) is 15.7. The number of halogens is 2. The van der Waals surface area contributed by atoms with Gasteiger partial charge in [0.15, 0.2) is 0 Å². The van der Waals surface area contributed by atoms with Crippen LogP contribution in [0.25, 0.3) is 0 Å². The molecule has 2 nitrogen and oxygen atoms in total. The summed E-state index contributed by atoms with van der Waals surface area (Å²) in [6.45, 7) is 3.95. The topological polar surface area (TPSA) is 21.3 Å². The standard InChI is InChI=1S/C16H23ClFNO/c1-2-19-13(6-7-14-4-3-9-20-14)10-12-5-8-16(18)15(17)11-12/h5,8,11,13-14,19H,2-4,6-7,9-10H2,1H3. The molecule has 1 N–H and O–H groups in total. The third-order valence-corrected chi connectivity index (χ3v) is 4.11. The molecule has 2 unspecified atom stereocenters. The number of likely N-dealkylation sites (N-methyl/N-ethyl adjacent to an activating group) is 1. The number of ether oxygens (including phenoxy) is 1. The number of rotatable bonds is 7. The van der Waals surface area contributed by atoms with Crippen molar-refractivity contribution in [2.45, 2.75) is 51.2 Å². The van der Waals surface area contributed by atoms with E-state index in [1.165, 1.54) is 18.9 Å². The third kappa shape index (κ3) is 4.72. The lowest BCUT2D eigenvalue weighted by Gasteiger charge is -2.20.